The lowest BCUT2D eigenvalue weighted by atomic mass is 10.1. The fourth-order valence-electron chi connectivity index (χ4n) is 2.77. The van der Waals surface area contributed by atoms with Gasteiger partial charge in [0.15, 0.2) is 5.13 Å². The summed E-state index contributed by atoms with van der Waals surface area (Å²) in [6.45, 7) is 6.89. The molecule has 0 unspecified atom stereocenters. The number of hydrogen-bond acceptors (Lipinski definition) is 5. The third kappa shape index (κ3) is 2.51. The van der Waals surface area contributed by atoms with Gasteiger partial charge < -0.3 is 15.5 Å². The van der Waals surface area contributed by atoms with Crippen molar-refractivity contribution in [3.63, 3.8) is 0 Å². The molecule has 5 heteroatoms. The number of benzene rings is 1. The van der Waals surface area contributed by atoms with Crippen LogP contribution in [-0.2, 0) is 6.54 Å². The molecule has 0 radical (unpaired) electrons. The zero-order chi connectivity index (χ0) is 15.0. The number of aromatic nitrogens is 1. The first-order valence-electron chi connectivity index (χ1n) is 7.39. The molecule has 2 aromatic rings. The Labute approximate surface area is 130 Å². The van der Waals surface area contributed by atoms with Gasteiger partial charge in [-0.15, -0.1) is 0 Å². The molecular weight excluding hydrogens is 280 g/mol. The Hall–Kier alpha value is -1.59. The van der Waals surface area contributed by atoms with Gasteiger partial charge in [-0.2, -0.15) is 0 Å². The molecule has 112 valence electrons. The maximum atomic E-state index is 5.89. The summed E-state index contributed by atoms with van der Waals surface area (Å²) in [6.07, 6.45) is 0. The molecule has 0 amide bonds. The molecule has 0 atom stereocenters. The quantitative estimate of drug-likeness (QED) is 0.945. The minimum absolute atomic E-state index is 0.413. The molecule has 4 nitrogen and oxygen atoms in total. The monoisotopic (exact) mass is 302 g/mol. The van der Waals surface area contributed by atoms with E-state index in [9.17, 15) is 0 Å². The van der Waals surface area contributed by atoms with E-state index in [1.165, 1.54) is 16.3 Å². The Morgan fingerprint density at radius 2 is 1.95 bits per heavy atom. The van der Waals surface area contributed by atoms with E-state index in [0.29, 0.717) is 12.5 Å². The second-order valence-electron chi connectivity index (χ2n) is 5.73. The average molecular weight is 302 g/mol. The Morgan fingerprint density at radius 1 is 1.24 bits per heavy atom. The molecule has 0 bridgehead atoms. The summed E-state index contributed by atoms with van der Waals surface area (Å²) in [5, 5.41) is 1.07. The zero-order valence-corrected chi connectivity index (χ0v) is 13.7. The smallest absolute Gasteiger partial charge is 0.190 e. The maximum absolute atomic E-state index is 5.89. The Bertz CT molecular complexity index is 635. The molecular formula is C16H22N4S. The van der Waals surface area contributed by atoms with Crippen molar-refractivity contribution in [1.82, 2.24) is 4.98 Å². The van der Waals surface area contributed by atoms with E-state index >= 15 is 0 Å². The van der Waals surface area contributed by atoms with Crippen LogP contribution in [0.25, 0.3) is 0 Å². The highest BCUT2D eigenvalue weighted by Gasteiger charge is 2.24. The van der Waals surface area contributed by atoms with Gasteiger partial charge in [0, 0.05) is 31.6 Å². The third-order valence-electron chi connectivity index (χ3n) is 3.92. The molecule has 1 aromatic carbocycles. The van der Waals surface area contributed by atoms with E-state index in [1.54, 1.807) is 11.3 Å². The van der Waals surface area contributed by atoms with Gasteiger partial charge in [0.2, 0.25) is 0 Å². The van der Waals surface area contributed by atoms with Gasteiger partial charge in [-0.05, 0) is 18.1 Å². The highest BCUT2D eigenvalue weighted by Crippen LogP contribution is 2.40. The minimum Gasteiger partial charge on any atom is -0.371 e. The van der Waals surface area contributed by atoms with E-state index < -0.39 is 0 Å². The first kappa shape index (κ1) is 14.4. The molecule has 0 spiro atoms. The van der Waals surface area contributed by atoms with E-state index in [-0.39, 0.29) is 0 Å². The number of anilines is 3. The highest BCUT2D eigenvalue weighted by atomic mass is 32.1. The van der Waals surface area contributed by atoms with E-state index in [0.717, 1.165) is 23.9 Å². The van der Waals surface area contributed by atoms with Crippen molar-refractivity contribution in [3.8, 4) is 0 Å². The van der Waals surface area contributed by atoms with Crippen LogP contribution < -0.4 is 15.5 Å². The first-order valence-corrected chi connectivity index (χ1v) is 8.20. The molecule has 0 saturated heterocycles. The van der Waals surface area contributed by atoms with Crippen LogP contribution in [0.2, 0.25) is 0 Å². The summed E-state index contributed by atoms with van der Waals surface area (Å²) in [4.78, 5) is 10.7. The molecule has 1 aromatic heterocycles. The summed E-state index contributed by atoms with van der Waals surface area (Å²) in [7, 11) is 2.14. The van der Waals surface area contributed by atoms with Gasteiger partial charge in [0.1, 0.15) is 0 Å². The van der Waals surface area contributed by atoms with Crippen LogP contribution in [0.5, 0.6) is 0 Å². The lowest BCUT2D eigenvalue weighted by Gasteiger charge is -2.35. The van der Waals surface area contributed by atoms with Crippen molar-refractivity contribution < 1.29 is 0 Å². The van der Waals surface area contributed by atoms with Crippen molar-refractivity contribution in [1.29, 1.82) is 0 Å². The average Bonchev–Trinajstić information content (AvgIpc) is 2.92. The van der Waals surface area contributed by atoms with Crippen molar-refractivity contribution >= 4 is 27.8 Å². The maximum Gasteiger partial charge on any atom is 0.190 e. The number of likely N-dealkylation sites (N-methyl/N-ethyl adjacent to an activating group) is 1. The Morgan fingerprint density at radius 3 is 2.57 bits per heavy atom. The Balaban J connectivity index is 2.04. The predicted octanol–water partition coefficient (Wildman–Crippen LogP) is 3.31. The van der Waals surface area contributed by atoms with E-state index in [2.05, 4.69) is 55.0 Å². The lowest BCUT2D eigenvalue weighted by molar-refractivity contribution is 0.794. The van der Waals surface area contributed by atoms with Crippen LogP contribution in [-0.4, -0.2) is 25.1 Å². The van der Waals surface area contributed by atoms with Crippen LogP contribution in [0.4, 0.5) is 16.5 Å². The van der Waals surface area contributed by atoms with Crippen LogP contribution >= 0.6 is 11.3 Å². The highest BCUT2D eigenvalue weighted by molar-refractivity contribution is 7.15. The number of thiazole rings is 1. The third-order valence-corrected chi connectivity index (χ3v) is 5.04. The molecule has 21 heavy (non-hydrogen) atoms. The molecule has 1 aliphatic heterocycles. The topological polar surface area (TPSA) is 45.4 Å². The standard InChI is InChI=1S/C16H22N4S/c1-11(2)15-14(10-17)21-16(18-15)20-9-8-19(3)12-6-4-5-7-13(12)20/h4-7,11H,8-10,17H2,1-3H3. The largest absolute Gasteiger partial charge is 0.371 e. The fraction of sp³-hybridized carbons (Fsp3) is 0.438. The van der Waals surface area contributed by atoms with Gasteiger partial charge in [-0.1, -0.05) is 37.3 Å². The number of nitrogens with two attached hydrogens (primary N) is 1. The zero-order valence-electron chi connectivity index (χ0n) is 12.8. The van der Waals surface area contributed by atoms with Crippen molar-refractivity contribution in [2.24, 2.45) is 5.73 Å². The SMILES string of the molecule is CC(C)c1nc(N2CCN(C)c3ccccc32)sc1CN. The van der Waals surface area contributed by atoms with E-state index in [1.807, 2.05) is 0 Å². The van der Waals surface area contributed by atoms with Crippen molar-refractivity contribution in [2.75, 3.05) is 29.9 Å². The van der Waals surface area contributed by atoms with Crippen molar-refractivity contribution in [2.45, 2.75) is 26.3 Å². The molecule has 1 aliphatic rings. The first-order chi connectivity index (χ1) is 10.1. The number of rotatable bonds is 3. The summed E-state index contributed by atoms with van der Waals surface area (Å²) in [6, 6.07) is 8.52. The Kier molecular flexibility index (Phi) is 3.87. The van der Waals surface area contributed by atoms with Crippen LogP contribution in [0, 0.1) is 0 Å². The summed E-state index contributed by atoms with van der Waals surface area (Å²) in [5.41, 5.74) is 9.54. The van der Waals surface area contributed by atoms with Crippen LogP contribution in [0.15, 0.2) is 24.3 Å². The number of para-hydroxylation sites is 2. The lowest BCUT2D eigenvalue weighted by Crippen LogP contribution is -2.36. The predicted molar refractivity (Wildman–Crippen MR) is 90.8 cm³/mol. The molecule has 3 rings (SSSR count). The second kappa shape index (κ2) is 5.66. The number of nitrogens with zero attached hydrogens (tertiary/aromatic N) is 3. The van der Waals surface area contributed by atoms with Crippen LogP contribution in [0.3, 0.4) is 0 Å². The van der Waals surface area contributed by atoms with Gasteiger partial charge in [-0.25, -0.2) is 4.98 Å². The number of fused-ring (bicyclic) bond motifs is 1. The normalized spacial score (nSPS) is 14.7. The molecule has 0 saturated carbocycles. The van der Waals surface area contributed by atoms with Gasteiger partial charge in [0.25, 0.3) is 0 Å². The van der Waals surface area contributed by atoms with Gasteiger partial charge in [-0.3, -0.25) is 0 Å². The summed E-state index contributed by atoms with van der Waals surface area (Å²) < 4.78 is 0. The molecule has 0 aliphatic carbocycles. The fourth-order valence-corrected chi connectivity index (χ4v) is 3.90. The molecule has 2 heterocycles. The second-order valence-corrected chi connectivity index (χ2v) is 6.79. The molecule has 0 fully saturated rings. The molecule has 2 N–H and O–H groups in total. The van der Waals surface area contributed by atoms with Gasteiger partial charge >= 0.3 is 0 Å². The minimum atomic E-state index is 0.413. The van der Waals surface area contributed by atoms with Gasteiger partial charge in [0.05, 0.1) is 17.1 Å². The number of hydrogen-bond donors (Lipinski definition) is 1. The summed E-state index contributed by atoms with van der Waals surface area (Å²) >= 11 is 1.73. The van der Waals surface area contributed by atoms with Crippen molar-refractivity contribution in [3.05, 3.63) is 34.8 Å². The van der Waals surface area contributed by atoms with E-state index in [4.69, 9.17) is 10.7 Å². The summed E-state index contributed by atoms with van der Waals surface area (Å²) in [5.74, 6) is 0.413. The van der Waals surface area contributed by atoms with Crippen LogP contribution in [0.1, 0.15) is 30.3 Å².